The highest BCUT2D eigenvalue weighted by Gasteiger charge is 2.02. The molecule has 0 aliphatic carbocycles. The minimum Gasteiger partial charge on any atom is -0.375 e. The van der Waals surface area contributed by atoms with Crippen molar-refractivity contribution in [2.75, 3.05) is 11.9 Å². The Morgan fingerprint density at radius 3 is 2.52 bits per heavy atom. The minimum atomic E-state index is -0.236. The third-order valence-electron chi connectivity index (χ3n) is 3.32. The summed E-state index contributed by atoms with van der Waals surface area (Å²) >= 11 is 6.00. The molecule has 0 aliphatic rings. The van der Waals surface area contributed by atoms with Crippen LogP contribution in [0.5, 0.6) is 0 Å². The fraction of sp³-hybridized carbons (Fsp3) is 0.222. The van der Waals surface area contributed by atoms with Crippen LogP contribution in [-0.2, 0) is 4.79 Å². The molecule has 1 amide bonds. The summed E-state index contributed by atoms with van der Waals surface area (Å²) in [5.41, 5.74) is 5.42. The largest absolute Gasteiger partial charge is 0.375 e. The number of amides is 1. The van der Waals surface area contributed by atoms with Crippen molar-refractivity contribution in [2.24, 2.45) is 5.10 Å². The van der Waals surface area contributed by atoms with Gasteiger partial charge in [0.1, 0.15) is 0 Å². The van der Waals surface area contributed by atoms with Crippen molar-refractivity contribution in [1.29, 1.82) is 0 Å². The average Bonchev–Trinajstić information content (AvgIpc) is 2.54. The van der Waals surface area contributed by atoms with Gasteiger partial charge in [0.25, 0.3) is 5.91 Å². The molecule has 0 aliphatic heterocycles. The first-order chi connectivity index (χ1) is 11.1. The fourth-order valence-corrected chi connectivity index (χ4v) is 2.17. The number of nitrogens with zero attached hydrogens (tertiary/aromatic N) is 1. The van der Waals surface area contributed by atoms with Crippen LogP contribution in [0.4, 0.5) is 5.69 Å². The van der Waals surface area contributed by atoms with Gasteiger partial charge in [-0.25, -0.2) is 5.43 Å². The molecule has 0 heterocycles. The van der Waals surface area contributed by atoms with E-state index in [1.165, 1.54) is 5.56 Å². The van der Waals surface area contributed by atoms with Crippen LogP contribution in [0.25, 0.3) is 0 Å². The Morgan fingerprint density at radius 2 is 1.87 bits per heavy atom. The second-order valence-electron chi connectivity index (χ2n) is 5.45. The highest BCUT2D eigenvalue weighted by molar-refractivity contribution is 6.33. The van der Waals surface area contributed by atoms with Gasteiger partial charge in [0.2, 0.25) is 0 Å². The summed E-state index contributed by atoms with van der Waals surface area (Å²) in [7, 11) is 0. The van der Waals surface area contributed by atoms with Crippen LogP contribution in [0.2, 0.25) is 5.02 Å². The Morgan fingerprint density at radius 1 is 1.17 bits per heavy atom. The summed E-state index contributed by atoms with van der Waals surface area (Å²) in [6.45, 7) is 4.40. The molecule has 120 valence electrons. The second kappa shape index (κ2) is 8.34. The van der Waals surface area contributed by atoms with Crippen LogP contribution >= 0.6 is 11.6 Å². The van der Waals surface area contributed by atoms with Gasteiger partial charge in [-0.2, -0.15) is 5.10 Å². The SMILES string of the molecule is CC(C)c1ccc(C=NNC(=O)CNc2ccccc2Cl)cc1. The maximum Gasteiger partial charge on any atom is 0.259 e. The van der Waals surface area contributed by atoms with E-state index in [2.05, 4.69) is 41.8 Å². The summed E-state index contributed by atoms with van der Waals surface area (Å²) in [6, 6.07) is 15.4. The van der Waals surface area contributed by atoms with Crippen molar-refractivity contribution in [1.82, 2.24) is 5.43 Å². The van der Waals surface area contributed by atoms with Crippen LogP contribution in [0.3, 0.4) is 0 Å². The van der Waals surface area contributed by atoms with Crippen LogP contribution in [-0.4, -0.2) is 18.7 Å². The van der Waals surface area contributed by atoms with E-state index in [0.29, 0.717) is 10.9 Å². The normalized spacial score (nSPS) is 11.0. The number of hydrogen-bond acceptors (Lipinski definition) is 3. The van der Waals surface area contributed by atoms with Crippen LogP contribution in [0.1, 0.15) is 30.9 Å². The molecular weight excluding hydrogens is 310 g/mol. The van der Waals surface area contributed by atoms with Gasteiger partial charge in [0.15, 0.2) is 0 Å². The van der Waals surface area contributed by atoms with Crippen molar-refractivity contribution < 1.29 is 4.79 Å². The average molecular weight is 330 g/mol. The molecule has 5 heteroatoms. The number of carbonyl (C=O) groups is 1. The van der Waals surface area contributed by atoms with E-state index in [0.717, 1.165) is 11.3 Å². The molecule has 0 saturated heterocycles. The van der Waals surface area contributed by atoms with Gasteiger partial charge in [0.05, 0.1) is 23.5 Å². The molecule has 2 rings (SSSR count). The molecule has 23 heavy (non-hydrogen) atoms. The van der Waals surface area contributed by atoms with Crippen molar-refractivity contribution in [3.8, 4) is 0 Å². The van der Waals surface area contributed by atoms with Crippen LogP contribution in [0, 0.1) is 0 Å². The number of carbonyl (C=O) groups excluding carboxylic acids is 1. The maximum absolute atomic E-state index is 11.7. The Balaban J connectivity index is 1.80. The third kappa shape index (κ3) is 5.42. The summed E-state index contributed by atoms with van der Waals surface area (Å²) in [5, 5.41) is 7.49. The van der Waals surface area contributed by atoms with Crippen molar-refractivity contribution >= 4 is 29.4 Å². The van der Waals surface area contributed by atoms with E-state index in [1.54, 1.807) is 12.3 Å². The Bertz CT molecular complexity index is 681. The summed E-state index contributed by atoms with van der Waals surface area (Å²) < 4.78 is 0. The van der Waals surface area contributed by atoms with Gasteiger partial charge in [0, 0.05) is 0 Å². The zero-order chi connectivity index (χ0) is 16.7. The van der Waals surface area contributed by atoms with Gasteiger partial charge in [-0.15, -0.1) is 0 Å². The lowest BCUT2D eigenvalue weighted by Crippen LogP contribution is -2.25. The lowest BCUT2D eigenvalue weighted by Gasteiger charge is -2.06. The van der Waals surface area contributed by atoms with Crippen molar-refractivity contribution in [3.63, 3.8) is 0 Å². The predicted octanol–water partition coefficient (Wildman–Crippen LogP) is 4.03. The number of hydrogen-bond donors (Lipinski definition) is 2. The number of halogens is 1. The van der Waals surface area contributed by atoms with Gasteiger partial charge in [-0.1, -0.05) is 61.8 Å². The van der Waals surface area contributed by atoms with E-state index in [1.807, 2.05) is 30.3 Å². The number of anilines is 1. The van der Waals surface area contributed by atoms with Gasteiger partial charge < -0.3 is 5.32 Å². The molecule has 0 saturated carbocycles. The molecule has 4 nitrogen and oxygen atoms in total. The number of benzene rings is 2. The minimum absolute atomic E-state index is 0.105. The first kappa shape index (κ1) is 17.0. The molecule has 2 aromatic rings. The van der Waals surface area contributed by atoms with E-state index in [4.69, 9.17) is 11.6 Å². The van der Waals surface area contributed by atoms with E-state index in [-0.39, 0.29) is 12.5 Å². The third-order valence-corrected chi connectivity index (χ3v) is 3.65. The maximum atomic E-state index is 11.7. The van der Waals surface area contributed by atoms with Crippen molar-refractivity contribution in [2.45, 2.75) is 19.8 Å². The number of para-hydroxylation sites is 1. The van der Waals surface area contributed by atoms with E-state index >= 15 is 0 Å². The van der Waals surface area contributed by atoms with Crippen LogP contribution < -0.4 is 10.7 Å². The standard InChI is InChI=1S/C18H20ClN3O/c1-13(2)15-9-7-14(8-10-15)11-21-22-18(23)12-20-17-6-4-3-5-16(17)19/h3-11,13,20H,12H2,1-2H3,(H,22,23). The highest BCUT2D eigenvalue weighted by atomic mass is 35.5. The Kier molecular flexibility index (Phi) is 6.18. The Hall–Kier alpha value is -2.33. The van der Waals surface area contributed by atoms with E-state index in [9.17, 15) is 4.79 Å². The molecule has 0 radical (unpaired) electrons. The zero-order valence-electron chi connectivity index (χ0n) is 13.2. The molecule has 0 aromatic heterocycles. The van der Waals surface area contributed by atoms with Gasteiger partial charge in [-0.05, 0) is 29.2 Å². The monoisotopic (exact) mass is 329 g/mol. The first-order valence-corrected chi connectivity index (χ1v) is 7.84. The highest BCUT2D eigenvalue weighted by Crippen LogP contribution is 2.19. The molecule has 0 atom stereocenters. The molecule has 0 spiro atoms. The molecule has 0 unspecified atom stereocenters. The van der Waals surface area contributed by atoms with Gasteiger partial charge in [-0.3, -0.25) is 4.79 Å². The quantitative estimate of drug-likeness (QED) is 0.621. The first-order valence-electron chi connectivity index (χ1n) is 7.46. The second-order valence-corrected chi connectivity index (χ2v) is 5.86. The zero-order valence-corrected chi connectivity index (χ0v) is 14.0. The number of hydrazone groups is 1. The van der Waals surface area contributed by atoms with E-state index < -0.39 is 0 Å². The molecule has 0 fully saturated rings. The number of nitrogens with one attached hydrogen (secondary N) is 2. The summed E-state index contributed by atoms with van der Waals surface area (Å²) in [6.07, 6.45) is 1.62. The molecular formula is C18H20ClN3O. The lowest BCUT2D eigenvalue weighted by atomic mass is 10.0. The lowest BCUT2D eigenvalue weighted by molar-refractivity contribution is -0.119. The fourth-order valence-electron chi connectivity index (χ4n) is 1.97. The van der Waals surface area contributed by atoms with Crippen molar-refractivity contribution in [3.05, 3.63) is 64.7 Å². The number of rotatable bonds is 6. The molecule has 2 N–H and O–H groups in total. The molecule has 0 bridgehead atoms. The summed E-state index contributed by atoms with van der Waals surface area (Å²) in [5.74, 6) is 0.261. The molecule has 2 aromatic carbocycles. The smallest absolute Gasteiger partial charge is 0.259 e. The Labute approximate surface area is 141 Å². The summed E-state index contributed by atoms with van der Waals surface area (Å²) in [4.78, 5) is 11.7. The topological polar surface area (TPSA) is 53.5 Å². The van der Waals surface area contributed by atoms with Gasteiger partial charge >= 0.3 is 0 Å². The van der Waals surface area contributed by atoms with Crippen LogP contribution in [0.15, 0.2) is 53.6 Å². The predicted molar refractivity (Wildman–Crippen MR) is 96.2 cm³/mol.